The van der Waals surface area contributed by atoms with Crippen molar-refractivity contribution in [3.63, 3.8) is 0 Å². The number of carbonyl (C=O) groups excluding carboxylic acids is 1. The first-order valence-corrected chi connectivity index (χ1v) is 8.43. The molecule has 0 spiro atoms. The van der Waals surface area contributed by atoms with Crippen molar-refractivity contribution in [2.75, 3.05) is 13.8 Å². The lowest BCUT2D eigenvalue weighted by Gasteiger charge is -2.08. The van der Waals surface area contributed by atoms with Crippen molar-refractivity contribution in [3.05, 3.63) is 34.9 Å². The SMILES string of the molecule is CCCCCCC#Cc1ccc(C)c(CC(=NCO)C(=O)OC)c1. The summed E-state index contributed by atoms with van der Waals surface area (Å²) >= 11 is 0. The number of hydrogen-bond acceptors (Lipinski definition) is 4. The summed E-state index contributed by atoms with van der Waals surface area (Å²) in [5.41, 5.74) is 3.16. The second-order valence-electron chi connectivity index (χ2n) is 5.67. The highest BCUT2D eigenvalue weighted by molar-refractivity contribution is 6.36. The molecule has 0 bridgehead atoms. The summed E-state index contributed by atoms with van der Waals surface area (Å²) in [5, 5.41) is 8.97. The number of unbranched alkanes of at least 4 members (excludes halogenated alkanes) is 4. The molecule has 1 aromatic rings. The molecule has 0 saturated heterocycles. The van der Waals surface area contributed by atoms with E-state index in [1.54, 1.807) is 0 Å². The highest BCUT2D eigenvalue weighted by atomic mass is 16.5. The van der Waals surface area contributed by atoms with E-state index in [-0.39, 0.29) is 5.71 Å². The van der Waals surface area contributed by atoms with Gasteiger partial charge in [0, 0.05) is 18.4 Å². The zero-order valence-corrected chi connectivity index (χ0v) is 14.9. The Morgan fingerprint density at radius 3 is 2.75 bits per heavy atom. The first-order valence-electron chi connectivity index (χ1n) is 8.43. The zero-order chi connectivity index (χ0) is 17.8. The van der Waals surface area contributed by atoms with E-state index in [0.29, 0.717) is 6.42 Å². The number of aliphatic hydroxyl groups excluding tert-OH is 1. The highest BCUT2D eigenvalue weighted by Crippen LogP contribution is 2.13. The average Bonchev–Trinajstić information content (AvgIpc) is 2.59. The average molecular weight is 329 g/mol. The van der Waals surface area contributed by atoms with Crippen LogP contribution in [0.1, 0.15) is 55.7 Å². The number of benzene rings is 1. The van der Waals surface area contributed by atoms with Crippen LogP contribution in [0.2, 0.25) is 0 Å². The van der Waals surface area contributed by atoms with Crippen LogP contribution in [0.3, 0.4) is 0 Å². The molecule has 0 atom stereocenters. The van der Waals surface area contributed by atoms with E-state index in [1.165, 1.54) is 26.4 Å². The number of methoxy groups -OCH3 is 1. The largest absolute Gasteiger partial charge is 0.465 e. The number of aliphatic hydroxyl groups is 1. The third-order valence-corrected chi connectivity index (χ3v) is 3.78. The Morgan fingerprint density at radius 2 is 2.08 bits per heavy atom. The molecule has 0 saturated carbocycles. The number of esters is 1. The van der Waals surface area contributed by atoms with Crippen molar-refractivity contribution in [1.82, 2.24) is 0 Å². The smallest absolute Gasteiger partial charge is 0.352 e. The normalized spacial score (nSPS) is 10.9. The Balaban J connectivity index is 2.80. The van der Waals surface area contributed by atoms with Gasteiger partial charge in [-0.25, -0.2) is 4.79 Å². The molecule has 0 heterocycles. The Labute approximate surface area is 145 Å². The maximum atomic E-state index is 11.7. The number of ether oxygens (including phenoxy) is 1. The molecule has 0 radical (unpaired) electrons. The van der Waals surface area contributed by atoms with Gasteiger partial charge in [0.25, 0.3) is 0 Å². The van der Waals surface area contributed by atoms with Crippen molar-refractivity contribution in [1.29, 1.82) is 0 Å². The lowest BCUT2D eigenvalue weighted by molar-refractivity contribution is -0.132. The van der Waals surface area contributed by atoms with Crippen molar-refractivity contribution < 1.29 is 14.6 Å². The van der Waals surface area contributed by atoms with E-state index < -0.39 is 12.7 Å². The number of aryl methyl sites for hydroxylation is 1. The standard InChI is InChI=1S/C20H27NO3/c1-4-5-6-7-8-9-10-17-12-11-16(2)18(13-17)14-19(21-15-22)20(23)24-3/h11-13,22H,4-8,14-15H2,1-3H3. The molecular weight excluding hydrogens is 302 g/mol. The van der Waals surface area contributed by atoms with Gasteiger partial charge in [-0.3, -0.25) is 4.99 Å². The van der Waals surface area contributed by atoms with Gasteiger partial charge in [0.05, 0.1) is 7.11 Å². The van der Waals surface area contributed by atoms with Crippen LogP contribution in [0.25, 0.3) is 0 Å². The van der Waals surface area contributed by atoms with Gasteiger partial charge in [-0.1, -0.05) is 44.1 Å². The number of rotatable bonds is 8. The quantitative estimate of drug-likeness (QED) is 0.344. The highest BCUT2D eigenvalue weighted by Gasteiger charge is 2.13. The van der Waals surface area contributed by atoms with Crippen LogP contribution in [-0.4, -0.2) is 30.6 Å². The molecule has 1 aromatic carbocycles. The van der Waals surface area contributed by atoms with E-state index >= 15 is 0 Å². The fourth-order valence-electron chi connectivity index (χ4n) is 2.32. The maximum Gasteiger partial charge on any atom is 0.352 e. The lowest BCUT2D eigenvalue weighted by atomic mass is 10.00. The number of nitrogens with zero attached hydrogens (tertiary/aromatic N) is 1. The predicted molar refractivity (Wildman–Crippen MR) is 97.1 cm³/mol. The maximum absolute atomic E-state index is 11.7. The van der Waals surface area contributed by atoms with Crippen molar-refractivity contribution in [3.8, 4) is 11.8 Å². The summed E-state index contributed by atoms with van der Waals surface area (Å²) in [6.07, 6.45) is 6.08. The molecular formula is C20H27NO3. The molecule has 0 amide bonds. The van der Waals surface area contributed by atoms with Crippen LogP contribution in [-0.2, 0) is 16.0 Å². The molecule has 0 aromatic heterocycles. The van der Waals surface area contributed by atoms with Crippen LogP contribution < -0.4 is 0 Å². The van der Waals surface area contributed by atoms with Crippen LogP contribution >= 0.6 is 0 Å². The Bertz CT molecular complexity index is 624. The first-order chi connectivity index (χ1) is 11.6. The zero-order valence-electron chi connectivity index (χ0n) is 14.9. The molecule has 0 aliphatic rings. The van der Waals surface area contributed by atoms with Gasteiger partial charge in [0.15, 0.2) is 0 Å². The fraction of sp³-hybridized carbons (Fsp3) is 0.500. The molecule has 0 fully saturated rings. The van der Waals surface area contributed by atoms with Crippen molar-refractivity contribution >= 4 is 11.7 Å². The van der Waals surface area contributed by atoms with Crippen molar-refractivity contribution in [2.24, 2.45) is 4.99 Å². The van der Waals surface area contributed by atoms with Gasteiger partial charge in [-0.15, -0.1) is 0 Å². The molecule has 4 heteroatoms. The Morgan fingerprint density at radius 1 is 1.29 bits per heavy atom. The second-order valence-corrected chi connectivity index (χ2v) is 5.67. The summed E-state index contributed by atoms with van der Waals surface area (Å²) in [5.74, 6) is 5.87. The fourth-order valence-corrected chi connectivity index (χ4v) is 2.32. The summed E-state index contributed by atoms with van der Waals surface area (Å²) < 4.78 is 4.71. The lowest BCUT2D eigenvalue weighted by Crippen LogP contribution is -2.19. The van der Waals surface area contributed by atoms with Gasteiger partial charge in [0.2, 0.25) is 0 Å². The third kappa shape index (κ3) is 6.97. The minimum atomic E-state index is -0.518. The topological polar surface area (TPSA) is 58.9 Å². The van der Waals surface area contributed by atoms with Crippen LogP contribution in [0, 0.1) is 18.8 Å². The van der Waals surface area contributed by atoms with E-state index in [0.717, 1.165) is 29.5 Å². The van der Waals surface area contributed by atoms with Gasteiger partial charge in [-0.2, -0.15) is 0 Å². The van der Waals surface area contributed by atoms with Crippen molar-refractivity contribution in [2.45, 2.75) is 52.4 Å². The monoisotopic (exact) mass is 329 g/mol. The number of aliphatic imine (C=N–C) groups is 1. The summed E-state index contributed by atoms with van der Waals surface area (Å²) in [6, 6.07) is 5.95. The molecule has 0 aliphatic heterocycles. The molecule has 0 unspecified atom stereocenters. The molecule has 130 valence electrons. The van der Waals surface area contributed by atoms with E-state index in [4.69, 9.17) is 9.84 Å². The summed E-state index contributed by atoms with van der Waals surface area (Å²) in [7, 11) is 1.31. The molecule has 24 heavy (non-hydrogen) atoms. The molecule has 0 aliphatic carbocycles. The second kappa shape index (κ2) is 11.4. The summed E-state index contributed by atoms with van der Waals surface area (Å²) in [6.45, 7) is 3.74. The van der Waals surface area contributed by atoms with E-state index in [2.05, 4.69) is 23.8 Å². The Kier molecular flexibility index (Phi) is 9.48. The number of carbonyl (C=O) groups is 1. The van der Waals surface area contributed by atoms with Crippen LogP contribution in [0.5, 0.6) is 0 Å². The minimum absolute atomic E-state index is 0.216. The van der Waals surface area contributed by atoms with E-state index in [1.807, 2.05) is 25.1 Å². The molecule has 1 N–H and O–H groups in total. The third-order valence-electron chi connectivity index (χ3n) is 3.78. The van der Waals surface area contributed by atoms with Crippen LogP contribution in [0.15, 0.2) is 23.2 Å². The Hall–Kier alpha value is -2.12. The van der Waals surface area contributed by atoms with Gasteiger partial charge in [0.1, 0.15) is 12.4 Å². The van der Waals surface area contributed by atoms with Gasteiger partial charge < -0.3 is 9.84 Å². The molecule has 4 nitrogen and oxygen atoms in total. The first kappa shape index (κ1) is 19.9. The summed E-state index contributed by atoms with van der Waals surface area (Å²) in [4.78, 5) is 15.5. The van der Waals surface area contributed by atoms with Gasteiger partial charge >= 0.3 is 5.97 Å². The van der Waals surface area contributed by atoms with Gasteiger partial charge in [-0.05, 0) is 36.6 Å². The van der Waals surface area contributed by atoms with E-state index in [9.17, 15) is 4.79 Å². The van der Waals surface area contributed by atoms with Crippen LogP contribution in [0.4, 0.5) is 0 Å². The number of hydrogen-bond donors (Lipinski definition) is 1. The minimum Gasteiger partial charge on any atom is -0.465 e. The predicted octanol–water partition coefficient (Wildman–Crippen LogP) is 3.42. The molecule has 1 rings (SSSR count).